The second-order valence-corrected chi connectivity index (χ2v) is 7.18. The van der Waals surface area contributed by atoms with Crippen molar-refractivity contribution < 1.29 is 9.59 Å². The van der Waals surface area contributed by atoms with Gasteiger partial charge in [0.1, 0.15) is 0 Å². The van der Waals surface area contributed by atoms with E-state index in [1.165, 1.54) is 0 Å². The fraction of sp³-hybridized carbons (Fsp3) is 0.182. The molecule has 0 spiro atoms. The molecule has 0 atom stereocenters. The van der Waals surface area contributed by atoms with Crippen LogP contribution in [0.1, 0.15) is 15.9 Å². The van der Waals surface area contributed by atoms with Crippen LogP contribution in [0.5, 0.6) is 0 Å². The lowest BCUT2D eigenvalue weighted by molar-refractivity contribution is -0.123. The minimum absolute atomic E-state index is 0.102. The van der Waals surface area contributed by atoms with Gasteiger partial charge >= 0.3 is 0 Å². The standard InChI is InChI=1S/C22H19ClN2O2/c1-14-12-15(23)6-7-16(14)19-8-9-20(18-5-3-2-4-17(18)19)22(27)25-11-10-24-21(26)13-25/h2-9,12H,10-11,13H2,1H3,(H,24,26). The lowest BCUT2D eigenvalue weighted by Crippen LogP contribution is -2.50. The first-order valence-corrected chi connectivity index (χ1v) is 9.26. The molecule has 1 heterocycles. The minimum Gasteiger partial charge on any atom is -0.353 e. The van der Waals surface area contributed by atoms with E-state index in [-0.39, 0.29) is 18.4 Å². The topological polar surface area (TPSA) is 49.4 Å². The summed E-state index contributed by atoms with van der Waals surface area (Å²) in [6.45, 7) is 3.15. The van der Waals surface area contributed by atoms with Crippen LogP contribution in [0.2, 0.25) is 5.02 Å². The third kappa shape index (κ3) is 3.28. The quantitative estimate of drug-likeness (QED) is 0.731. The van der Waals surface area contributed by atoms with Gasteiger partial charge in [0.05, 0.1) is 6.54 Å². The molecule has 0 saturated carbocycles. The molecule has 5 heteroatoms. The number of fused-ring (bicyclic) bond motifs is 1. The van der Waals surface area contributed by atoms with Crippen LogP contribution >= 0.6 is 11.6 Å². The number of hydrogen-bond acceptors (Lipinski definition) is 2. The molecule has 1 aliphatic rings. The predicted octanol–water partition coefficient (Wildman–Crippen LogP) is 4.04. The highest BCUT2D eigenvalue weighted by molar-refractivity contribution is 6.30. The molecule has 1 aliphatic heterocycles. The Kier molecular flexibility index (Phi) is 4.58. The summed E-state index contributed by atoms with van der Waals surface area (Å²) in [5, 5.41) is 5.36. The van der Waals surface area contributed by atoms with Crippen LogP contribution < -0.4 is 5.32 Å². The van der Waals surface area contributed by atoms with E-state index in [4.69, 9.17) is 11.6 Å². The summed E-state index contributed by atoms with van der Waals surface area (Å²) in [7, 11) is 0. The molecule has 1 fully saturated rings. The van der Waals surface area contributed by atoms with Crippen LogP contribution in [0.3, 0.4) is 0 Å². The van der Waals surface area contributed by atoms with Gasteiger partial charge in [-0.15, -0.1) is 0 Å². The fourth-order valence-electron chi connectivity index (χ4n) is 3.63. The molecule has 0 unspecified atom stereocenters. The van der Waals surface area contributed by atoms with E-state index in [1.807, 2.05) is 61.5 Å². The number of amides is 2. The molecule has 27 heavy (non-hydrogen) atoms. The van der Waals surface area contributed by atoms with Crippen molar-refractivity contribution in [3.63, 3.8) is 0 Å². The Balaban J connectivity index is 1.83. The van der Waals surface area contributed by atoms with E-state index in [0.717, 1.165) is 27.5 Å². The molecule has 2 amide bonds. The van der Waals surface area contributed by atoms with Crippen molar-refractivity contribution in [2.45, 2.75) is 6.92 Å². The average molecular weight is 379 g/mol. The smallest absolute Gasteiger partial charge is 0.255 e. The van der Waals surface area contributed by atoms with Gasteiger partial charge in [0.2, 0.25) is 5.91 Å². The van der Waals surface area contributed by atoms with Gasteiger partial charge in [0.25, 0.3) is 5.91 Å². The largest absolute Gasteiger partial charge is 0.353 e. The molecule has 136 valence electrons. The van der Waals surface area contributed by atoms with Gasteiger partial charge < -0.3 is 10.2 Å². The molecule has 0 bridgehead atoms. The van der Waals surface area contributed by atoms with E-state index < -0.39 is 0 Å². The number of piperazine rings is 1. The first-order valence-electron chi connectivity index (χ1n) is 8.89. The van der Waals surface area contributed by atoms with Crippen LogP contribution in [-0.4, -0.2) is 36.3 Å². The number of halogens is 1. The molecule has 1 saturated heterocycles. The van der Waals surface area contributed by atoms with Crippen LogP contribution in [0, 0.1) is 6.92 Å². The zero-order valence-electron chi connectivity index (χ0n) is 15.0. The summed E-state index contributed by atoms with van der Waals surface area (Å²) in [5.74, 6) is -0.229. The fourth-order valence-corrected chi connectivity index (χ4v) is 3.86. The lowest BCUT2D eigenvalue weighted by Gasteiger charge is -2.27. The molecule has 1 N–H and O–H groups in total. The highest BCUT2D eigenvalue weighted by Gasteiger charge is 2.24. The number of carbonyl (C=O) groups excluding carboxylic acids is 2. The molecular weight excluding hydrogens is 360 g/mol. The molecule has 0 aromatic heterocycles. The number of rotatable bonds is 2. The van der Waals surface area contributed by atoms with E-state index in [1.54, 1.807) is 4.90 Å². The Morgan fingerprint density at radius 3 is 2.52 bits per heavy atom. The molecule has 0 aliphatic carbocycles. The number of nitrogens with zero attached hydrogens (tertiary/aromatic N) is 1. The first-order chi connectivity index (χ1) is 13.0. The van der Waals surface area contributed by atoms with Gasteiger partial charge in [-0.05, 0) is 52.6 Å². The van der Waals surface area contributed by atoms with Crippen LogP contribution in [0.25, 0.3) is 21.9 Å². The SMILES string of the molecule is Cc1cc(Cl)ccc1-c1ccc(C(=O)N2CCNC(=O)C2)c2ccccc12. The zero-order valence-corrected chi connectivity index (χ0v) is 15.7. The zero-order chi connectivity index (χ0) is 19.0. The number of nitrogens with one attached hydrogen (secondary N) is 1. The summed E-state index contributed by atoms with van der Waals surface area (Å²) in [6, 6.07) is 17.6. The monoisotopic (exact) mass is 378 g/mol. The Bertz CT molecular complexity index is 1060. The second kappa shape index (κ2) is 7.05. The number of benzene rings is 3. The van der Waals surface area contributed by atoms with Crippen molar-refractivity contribution >= 4 is 34.2 Å². The highest BCUT2D eigenvalue weighted by Crippen LogP contribution is 2.34. The van der Waals surface area contributed by atoms with Crippen molar-refractivity contribution in [1.29, 1.82) is 0 Å². The Morgan fingerprint density at radius 2 is 1.78 bits per heavy atom. The van der Waals surface area contributed by atoms with Crippen molar-refractivity contribution in [1.82, 2.24) is 10.2 Å². The summed E-state index contributed by atoms with van der Waals surface area (Å²) in [4.78, 5) is 26.3. The summed E-state index contributed by atoms with van der Waals surface area (Å²) in [6.07, 6.45) is 0. The third-order valence-corrected chi connectivity index (χ3v) is 5.19. The van der Waals surface area contributed by atoms with Crippen molar-refractivity contribution in [3.8, 4) is 11.1 Å². The minimum atomic E-state index is -0.118. The maximum atomic E-state index is 13.0. The van der Waals surface area contributed by atoms with Crippen LogP contribution in [-0.2, 0) is 4.79 Å². The van der Waals surface area contributed by atoms with Gasteiger partial charge in [0.15, 0.2) is 0 Å². The van der Waals surface area contributed by atoms with Crippen molar-refractivity contribution in [2.75, 3.05) is 19.6 Å². The van der Waals surface area contributed by atoms with Crippen LogP contribution in [0.4, 0.5) is 0 Å². The van der Waals surface area contributed by atoms with E-state index >= 15 is 0 Å². The Labute approximate surface area is 162 Å². The Morgan fingerprint density at radius 1 is 1.04 bits per heavy atom. The predicted molar refractivity (Wildman–Crippen MR) is 108 cm³/mol. The number of aryl methyl sites for hydroxylation is 1. The Hall–Kier alpha value is -2.85. The van der Waals surface area contributed by atoms with Crippen molar-refractivity contribution in [3.05, 3.63) is 70.7 Å². The highest BCUT2D eigenvalue weighted by atomic mass is 35.5. The summed E-state index contributed by atoms with van der Waals surface area (Å²) < 4.78 is 0. The summed E-state index contributed by atoms with van der Waals surface area (Å²) in [5.41, 5.74) is 3.86. The maximum absolute atomic E-state index is 13.0. The maximum Gasteiger partial charge on any atom is 0.255 e. The molecular formula is C22H19ClN2O2. The second-order valence-electron chi connectivity index (χ2n) is 6.74. The van der Waals surface area contributed by atoms with E-state index in [0.29, 0.717) is 23.7 Å². The van der Waals surface area contributed by atoms with Gasteiger partial charge in [0, 0.05) is 23.7 Å². The van der Waals surface area contributed by atoms with Crippen molar-refractivity contribution in [2.24, 2.45) is 0 Å². The summed E-state index contributed by atoms with van der Waals surface area (Å²) >= 11 is 6.10. The third-order valence-electron chi connectivity index (χ3n) is 4.96. The van der Waals surface area contributed by atoms with Crippen LogP contribution in [0.15, 0.2) is 54.6 Å². The van der Waals surface area contributed by atoms with E-state index in [9.17, 15) is 9.59 Å². The number of carbonyl (C=O) groups is 2. The number of hydrogen-bond donors (Lipinski definition) is 1. The molecule has 4 nitrogen and oxygen atoms in total. The molecule has 3 aromatic carbocycles. The normalized spacial score (nSPS) is 14.3. The first kappa shape index (κ1) is 17.6. The lowest BCUT2D eigenvalue weighted by atomic mass is 9.92. The van der Waals surface area contributed by atoms with Gasteiger partial charge in [-0.2, -0.15) is 0 Å². The van der Waals surface area contributed by atoms with Gasteiger partial charge in [-0.3, -0.25) is 9.59 Å². The van der Waals surface area contributed by atoms with Gasteiger partial charge in [-0.1, -0.05) is 48.0 Å². The molecule has 0 radical (unpaired) electrons. The van der Waals surface area contributed by atoms with Gasteiger partial charge in [-0.25, -0.2) is 0 Å². The molecule has 3 aromatic rings. The average Bonchev–Trinajstić information content (AvgIpc) is 2.67. The van der Waals surface area contributed by atoms with E-state index in [2.05, 4.69) is 5.32 Å². The molecule has 4 rings (SSSR count).